The molecule has 1 aliphatic rings. The van der Waals surface area contributed by atoms with Crippen molar-refractivity contribution in [1.82, 2.24) is 0 Å². The molecule has 1 atom stereocenters. The maximum absolute atomic E-state index is 2.60. The van der Waals surface area contributed by atoms with Crippen LogP contribution in [0, 0.1) is 17.3 Å². The summed E-state index contributed by atoms with van der Waals surface area (Å²) in [4.78, 5) is 0. The third kappa shape index (κ3) is 7.70. The minimum absolute atomic E-state index is 0.627. The molecule has 0 aliphatic heterocycles. The quantitative estimate of drug-likeness (QED) is 0.366. The van der Waals surface area contributed by atoms with Crippen LogP contribution in [-0.2, 0) is 0 Å². The summed E-state index contributed by atoms with van der Waals surface area (Å²) in [6, 6.07) is 0. The first kappa shape index (κ1) is 18.1. The number of rotatable bonds is 10. The van der Waals surface area contributed by atoms with Gasteiger partial charge in [-0.3, -0.25) is 0 Å². The third-order valence-electron chi connectivity index (χ3n) is 5.29. The first-order valence-electron chi connectivity index (χ1n) is 9.56. The van der Waals surface area contributed by atoms with Crippen LogP contribution in [0.2, 0.25) is 0 Å². The van der Waals surface area contributed by atoms with Crippen LogP contribution in [0.15, 0.2) is 0 Å². The molecule has 1 saturated carbocycles. The zero-order valence-corrected chi connectivity index (χ0v) is 14.8. The summed E-state index contributed by atoms with van der Waals surface area (Å²) in [6.07, 6.45) is 19.1. The highest BCUT2D eigenvalue weighted by molar-refractivity contribution is 4.81. The molecule has 0 spiro atoms. The molecular formula is C20H40. The van der Waals surface area contributed by atoms with Crippen molar-refractivity contribution in [3.63, 3.8) is 0 Å². The molecule has 120 valence electrons. The maximum atomic E-state index is 2.60. The number of hydrogen-bond acceptors (Lipinski definition) is 0. The fraction of sp³-hybridized carbons (Fsp3) is 1.00. The molecule has 1 unspecified atom stereocenters. The lowest BCUT2D eigenvalue weighted by atomic mass is 9.69. The fourth-order valence-electron chi connectivity index (χ4n) is 4.52. The molecule has 1 fully saturated rings. The maximum Gasteiger partial charge on any atom is -0.0321 e. The summed E-state index contributed by atoms with van der Waals surface area (Å²) in [5, 5.41) is 0. The second kappa shape index (κ2) is 9.85. The Bertz CT molecular complexity index is 224. The lowest BCUT2D eigenvalue weighted by Gasteiger charge is -2.36. The second-order valence-electron chi connectivity index (χ2n) is 8.28. The Morgan fingerprint density at radius 3 is 2.20 bits per heavy atom. The van der Waals surface area contributed by atoms with Gasteiger partial charge in [0.25, 0.3) is 0 Å². The van der Waals surface area contributed by atoms with Crippen molar-refractivity contribution in [3.05, 3.63) is 0 Å². The van der Waals surface area contributed by atoms with Gasteiger partial charge in [-0.25, -0.2) is 0 Å². The molecule has 20 heavy (non-hydrogen) atoms. The first-order chi connectivity index (χ1) is 9.56. The van der Waals surface area contributed by atoms with E-state index in [9.17, 15) is 0 Å². The summed E-state index contributed by atoms with van der Waals surface area (Å²) in [5.41, 5.74) is 0.627. The fourth-order valence-corrected chi connectivity index (χ4v) is 4.52. The number of unbranched alkanes of at least 4 members (excludes halogenated alkanes) is 4. The smallest absolute Gasteiger partial charge is 0.0321 e. The van der Waals surface area contributed by atoms with Crippen LogP contribution in [0.5, 0.6) is 0 Å². The topological polar surface area (TPSA) is 0 Å². The van der Waals surface area contributed by atoms with E-state index in [1.54, 1.807) is 0 Å². The van der Waals surface area contributed by atoms with Gasteiger partial charge in [0.1, 0.15) is 0 Å². The Labute approximate surface area is 129 Å². The monoisotopic (exact) mass is 280 g/mol. The Morgan fingerprint density at radius 1 is 0.950 bits per heavy atom. The van der Waals surface area contributed by atoms with Gasteiger partial charge >= 0.3 is 0 Å². The van der Waals surface area contributed by atoms with Crippen molar-refractivity contribution in [2.45, 2.75) is 111 Å². The molecule has 1 aliphatic carbocycles. The Kier molecular flexibility index (Phi) is 8.89. The Hall–Kier alpha value is 0. The molecule has 0 aromatic heterocycles. The molecule has 0 amide bonds. The van der Waals surface area contributed by atoms with E-state index in [0.29, 0.717) is 5.41 Å². The van der Waals surface area contributed by atoms with E-state index >= 15 is 0 Å². The molecular weight excluding hydrogens is 240 g/mol. The summed E-state index contributed by atoms with van der Waals surface area (Å²) < 4.78 is 0. The highest BCUT2D eigenvalue weighted by Gasteiger charge is 2.29. The van der Waals surface area contributed by atoms with Gasteiger partial charge in [0.05, 0.1) is 0 Å². The van der Waals surface area contributed by atoms with Gasteiger partial charge < -0.3 is 0 Å². The van der Waals surface area contributed by atoms with Gasteiger partial charge in [0, 0.05) is 0 Å². The SMILES string of the molecule is CCCCCCCC(C)(CC(C)C)CC1CCCCC1. The predicted octanol–water partition coefficient (Wildman–Crippen LogP) is 7.37. The molecule has 0 nitrogen and oxygen atoms in total. The number of hydrogen-bond donors (Lipinski definition) is 0. The van der Waals surface area contributed by atoms with E-state index in [2.05, 4.69) is 27.7 Å². The minimum atomic E-state index is 0.627. The molecule has 0 radical (unpaired) electrons. The first-order valence-corrected chi connectivity index (χ1v) is 9.56. The lowest BCUT2D eigenvalue weighted by molar-refractivity contribution is 0.153. The predicted molar refractivity (Wildman–Crippen MR) is 92.1 cm³/mol. The largest absolute Gasteiger partial charge is 0.0654 e. The van der Waals surface area contributed by atoms with Gasteiger partial charge in [-0.05, 0) is 36.5 Å². The normalized spacial score (nSPS) is 20.2. The van der Waals surface area contributed by atoms with E-state index in [1.807, 2.05) is 0 Å². The van der Waals surface area contributed by atoms with Gasteiger partial charge in [-0.1, -0.05) is 91.9 Å². The molecule has 1 rings (SSSR count). The van der Waals surface area contributed by atoms with E-state index < -0.39 is 0 Å². The van der Waals surface area contributed by atoms with Crippen LogP contribution in [0.3, 0.4) is 0 Å². The van der Waals surface area contributed by atoms with Crippen molar-refractivity contribution >= 4 is 0 Å². The van der Waals surface area contributed by atoms with Crippen molar-refractivity contribution in [1.29, 1.82) is 0 Å². The summed E-state index contributed by atoms with van der Waals surface area (Å²) in [5.74, 6) is 1.90. The van der Waals surface area contributed by atoms with Crippen molar-refractivity contribution in [2.24, 2.45) is 17.3 Å². The molecule has 0 N–H and O–H groups in total. The summed E-state index contributed by atoms with van der Waals surface area (Å²) in [7, 11) is 0. The molecule has 0 heteroatoms. The van der Waals surface area contributed by atoms with Crippen LogP contribution in [0.1, 0.15) is 111 Å². The highest BCUT2D eigenvalue weighted by atomic mass is 14.3. The summed E-state index contributed by atoms with van der Waals surface area (Å²) in [6.45, 7) is 9.74. The van der Waals surface area contributed by atoms with Crippen molar-refractivity contribution in [3.8, 4) is 0 Å². The van der Waals surface area contributed by atoms with Gasteiger partial charge in [0.2, 0.25) is 0 Å². The van der Waals surface area contributed by atoms with E-state index in [0.717, 1.165) is 11.8 Å². The average Bonchev–Trinajstić information content (AvgIpc) is 2.38. The molecule has 0 bridgehead atoms. The summed E-state index contributed by atoms with van der Waals surface area (Å²) >= 11 is 0. The van der Waals surface area contributed by atoms with Gasteiger partial charge in [-0.2, -0.15) is 0 Å². The standard InChI is InChI=1S/C20H40/c1-5-6-7-8-12-15-20(4,16-18(2)3)17-19-13-10-9-11-14-19/h18-19H,5-17H2,1-4H3. The molecule has 0 aromatic carbocycles. The van der Waals surface area contributed by atoms with Gasteiger partial charge in [-0.15, -0.1) is 0 Å². The van der Waals surface area contributed by atoms with Crippen molar-refractivity contribution < 1.29 is 0 Å². The molecule has 0 aromatic rings. The Morgan fingerprint density at radius 2 is 1.60 bits per heavy atom. The van der Waals surface area contributed by atoms with Crippen LogP contribution >= 0.6 is 0 Å². The molecule has 0 heterocycles. The van der Waals surface area contributed by atoms with Crippen molar-refractivity contribution in [2.75, 3.05) is 0 Å². The van der Waals surface area contributed by atoms with Crippen LogP contribution in [0.25, 0.3) is 0 Å². The van der Waals surface area contributed by atoms with E-state index in [1.165, 1.54) is 83.5 Å². The Balaban J connectivity index is 2.38. The van der Waals surface area contributed by atoms with Crippen LogP contribution < -0.4 is 0 Å². The van der Waals surface area contributed by atoms with Crippen LogP contribution in [-0.4, -0.2) is 0 Å². The zero-order chi connectivity index (χ0) is 14.8. The van der Waals surface area contributed by atoms with E-state index in [4.69, 9.17) is 0 Å². The second-order valence-corrected chi connectivity index (χ2v) is 8.28. The third-order valence-corrected chi connectivity index (χ3v) is 5.29. The zero-order valence-electron chi connectivity index (χ0n) is 14.8. The van der Waals surface area contributed by atoms with Gasteiger partial charge in [0.15, 0.2) is 0 Å². The van der Waals surface area contributed by atoms with E-state index in [-0.39, 0.29) is 0 Å². The molecule has 0 saturated heterocycles. The van der Waals surface area contributed by atoms with Crippen LogP contribution in [0.4, 0.5) is 0 Å². The lowest BCUT2D eigenvalue weighted by Crippen LogP contribution is -2.24. The minimum Gasteiger partial charge on any atom is -0.0654 e. The highest BCUT2D eigenvalue weighted by Crippen LogP contribution is 2.42. The average molecular weight is 281 g/mol.